The molecule has 0 aromatic rings. The normalized spacial score (nSPS) is 42.9. The average Bonchev–Trinajstić information content (AvgIpc) is 3.62. The topological polar surface area (TPSA) is 424 Å². The largest absolute Gasteiger partial charge is 0.465 e. The SMILES string of the molecule is CNC(=O)CCC(=O)OCC1C=CC(C)C2C(=O)N(NC(=O)CCCCCOC3OC(C)C(O)C(OC4OC(CO)C(O)C(OC5OC(CO)C(O)C(O)C5OC5OC(C)C(O)C(O)C5O)C4N)C3O)C(=O)C12. The smallest absolute Gasteiger partial charge is 0.306 e. The quantitative estimate of drug-likeness (QED) is 0.0220. The van der Waals surface area contributed by atoms with E-state index in [-0.39, 0.29) is 44.3 Å². The summed E-state index contributed by atoms with van der Waals surface area (Å²) in [4.78, 5) is 63.6. The van der Waals surface area contributed by atoms with Gasteiger partial charge in [0.25, 0.3) is 11.8 Å². The van der Waals surface area contributed by atoms with Crippen molar-refractivity contribution >= 4 is 29.6 Å². The van der Waals surface area contributed by atoms with Gasteiger partial charge >= 0.3 is 5.97 Å². The van der Waals surface area contributed by atoms with Crippen LogP contribution in [0.4, 0.5) is 0 Å². The van der Waals surface area contributed by atoms with Gasteiger partial charge in [0, 0.05) is 32.4 Å². The Balaban J connectivity index is 0.997. The van der Waals surface area contributed by atoms with E-state index < -0.39 is 177 Å². The standard InChI is InChI=1S/C45H72N4O24/c1-17-9-10-20(16-66-25(54)12-11-23(52)47-4)27-26(17)40(63)49(41(27)64)48-24(53)8-6-5-7-13-65-43-36(62)38(30(56)19(3)67-43)72-42-28(46)37(32(58)22(15-51)69-42)71-45-39(34(60)31(57)21(14-50)70-45)73-44-35(61)33(59)29(55)18(2)68-44/h9-10,17-22,26-39,42-45,50-51,55-62H,5-8,11-16,46H2,1-4H3,(H,47,52)(H,48,53). The number of aliphatic hydroxyl groups is 10. The van der Waals surface area contributed by atoms with Crippen LogP contribution in [0.1, 0.15) is 59.3 Å². The lowest BCUT2D eigenvalue weighted by atomic mass is 9.73. The van der Waals surface area contributed by atoms with Crippen LogP contribution in [0.2, 0.25) is 0 Å². The summed E-state index contributed by atoms with van der Waals surface area (Å²) in [5.41, 5.74) is 8.94. The first-order chi connectivity index (χ1) is 34.6. The number of amides is 4. The molecule has 416 valence electrons. The number of fused-ring (bicyclic) bond motifs is 1. The molecule has 28 nitrogen and oxygen atoms in total. The van der Waals surface area contributed by atoms with E-state index in [1.54, 1.807) is 19.1 Å². The zero-order valence-electron chi connectivity index (χ0n) is 40.8. The lowest BCUT2D eigenvalue weighted by Crippen LogP contribution is -2.69. The van der Waals surface area contributed by atoms with Crippen LogP contribution in [0.25, 0.3) is 0 Å². The number of ether oxygens (including phenoxy) is 9. The number of allylic oxidation sites excluding steroid dienone is 1. The summed E-state index contributed by atoms with van der Waals surface area (Å²) in [5.74, 6) is -5.44. The number of rotatable bonds is 21. The first-order valence-corrected chi connectivity index (χ1v) is 24.5. The number of nitrogens with one attached hydrogen (secondary N) is 2. The molecule has 0 bridgehead atoms. The summed E-state index contributed by atoms with van der Waals surface area (Å²) >= 11 is 0. The molecule has 4 amide bonds. The fourth-order valence-corrected chi connectivity index (χ4v) is 9.67. The predicted molar refractivity (Wildman–Crippen MR) is 238 cm³/mol. The number of nitrogens with two attached hydrogens (primary N) is 1. The van der Waals surface area contributed by atoms with E-state index in [9.17, 15) is 75.0 Å². The number of imide groups is 1. The maximum atomic E-state index is 13.5. The number of aliphatic hydroxyl groups excluding tert-OH is 10. The van der Waals surface area contributed by atoms with Crippen LogP contribution in [0.15, 0.2) is 12.2 Å². The minimum absolute atomic E-state index is 0.0243. The van der Waals surface area contributed by atoms with Gasteiger partial charge < -0.3 is 105 Å². The van der Waals surface area contributed by atoms with Crippen molar-refractivity contribution in [3.05, 3.63) is 12.2 Å². The first kappa shape index (κ1) is 58.8. The maximum Gasteiger partial charge on any atom is 0.306 e. The molecule has 28 heteroatoms. The van der Waals surface area contributed by atoms with Crippen molar-refractivity contribution in [2.24, 2.45) is 29.4 Å². The van der Waals surface area contributed by atoms with Crippen molar-refractivity contribution in [1.29, 1.82) is 0 Å². The number of hydrazine groups is 1. The van der Waals surface area contributed by atoms with Crippen LogP contribution < -0.4 is 16.5 Å². The van der Waals surface area contributed by atoms with Gasteiger partial charge in [0.15, 0.2) is 25.2 Å². The average molecular weight is 1050 g/mol. The molecule has 0 aromatic heterocycles. The second-order valence-corrected chi connectivity index (χ2v) is 19.2. The third kappa shape index (κ3) is 13.4. The zero-order chi connectivity index (χ0) is 53.6. The Labute approximate surface area is 419 Å². The number of esters is 1. The maximum absolute atomic E-state index is 13.5. The summed E-state index contributed by atoms with van der Waals surface area (Å²) in [6.07, 6.45) is -26.4. The highest BCUT2D eigenvalue weighted by Crippen LogP contribution is 2.41. The van der Waals surface area contributed by atoms with Crippen LogP contribution >= 0.6 is 0 Å². The third-order valence-corrected chi connectivity index (χ3v) is 14.1. The lowest BCUT2D eigenvalue weighted by molar-refractivity contribution is -0.385. The van der Waals surface area contributed by atoms with E-state index in [1.165, 1.54) is 20.9 Å². The molecule has 24 unspecified atom stereocenters. The summed E-state index contributed by atoms with van der Waals surface area (Å²) in [6.45, 7) is 2.69. The van der Waals surface area contributed by atoms with Gasteiger partial charge in [0.1, 0.15) is 79.4 Å². The van der Waals surface area contributed by atoms with Crippen molar-refractivity contribution in [1.82, 2.24) is 15.8 Å². The monoisotopic (exact) mass is 1050 g/mol. The molecule has 1 aliphatic carbocycles. The van der Waals surface area contributed by atoms with E-state index in [0.717, 1.165) is 0 Å². The summed E-state index contributed by atoms with van der Waals surface area (Å²) in [5, 5.41) is 110. The Bertz CT molecular complexity index is 1910. The van der Waals surface area contributed by atoms with Crippen molar-refractivity contribution in [3.8, 4) is 0 Å². The highest BCUT2D eigenvalue weighted by molar-refractivity contribution is 6.06. The molecule has 14 N–H and O–H groups in total. The molecule has 5 fully saturated rings. The minimum atomic E-state index is -1.92. The number of unbranched alkanes of at least 4 members (excludes halogenated alkanes) is 2. The second-order valence-electron chi connectivity index (χ2n) is 19.2. The van der Waals surface area contributed by atoms with Crippen LogP contribution in [0.5, 0.6) is 0 Å². The molecule has 6 rings (SSSR count). The number of carbonyl (C=O) groups excluding carboxylic acids is 5. The molecule has 6 aliphatic rings. The van der Waals surface area contributed by atoms with Crippen LogP contribution in [0, 0.1) is 23.7 Å². The number of hydrogen-bond acceptors (Lipinski definition) is 25. The van der Waals surface area contributed by atoms with Gasteiger partial charge in [0.2, 0.25) is 11.8 Å². The van der Waals surface area contributed by atoms with Gasteiger partial charge in [-0.05, 0) is 32.6 Å². The molecule has 0 saturated carbocycles. The van der Waals surface area contributed by atoms with Crippen molar-refractivity contribution < 1.29 is 118 Å². The highest BCUT2D eigenvalue weighted by atomic mass is 16.8. The number of nitrogens with zero attached hydrogens (tertiary/aromatic N) is 1. The zero-order valence-corrected chi connectivity index (χ0v) is 40.8. The van der Waals surface area contributed by atoms with Crippen LogP contribution in [0.3, 0.4) is 0 Å². The van der Waals surface area contributed by atoms with Gasteiger partial charge in [-0.2, -0.15) is 5.01 Å². The minimum Gasteiger partial charge on any atom is -0.465 e. The molecular weight excluding hydrogens is 980 g/mol. The Morgan fingerprint density at radius 2 is 1.23 bits per heavy atom. The first-order valence-electron chi connectivity index (χ1n) is 24.5. The second kappa shape index (κ2) is 26.1. The van der Waals surface area contributed by atoms with Crippen molar-refractivity contribution in [2.45, 2.75) is 182 Å². The fraction of sp³-hybridized carbons (Fsp3) is 0.844. The van der Waals surface area contributed by atoms with Gasteiger partial charge in [-0.1, -0.05) is 25.5 Å². The molecule has 0 aromatic carbocycles. The van der Waals surface area contributed by atoms with Crippen LogP contribution in [-0.4, -0.2) is 242 Å². The molecule has 0 spiro atoms. The Hall–Kier alpha value is -3.47. The third-order valence-electron chi connectivity index (χ3n) is 14.1. The van der Waals surface area contributed by atoms with E-state index in [1.807, 2.05) is 0 Å². The summed E-state index contributed by atoms with van der Waals surface area (Å²) in [7, 11) is 1.44. The molecule has 5 saturated heterocycles. The van der Waals surface area contributed by atoms with Crippen LogP contribution in [-0.2, 0) is 66.6 Å². The molecule has 0 radical (unpaired) electrons. The predicted octanol–water partition coefficient (Wildman–Crippen LogP) is -6.62. The van der Waals surface area contributed by atoms with E-state index in [0.29, 0.717) is 24.3 Å². The van der Waals surface area contributed by atoms with E-state index >= 15 is 0 Å². The Kier molecular flexibility index (Phi) is 21.0. The summed E-state index contributed by atoms with van der Waals surface area (Å²) < 4.78 is 51.6. The molecule has 73 heavy (non-hydrogen) atoms. The van der Waals surface area contributed by atoms with Crippen molar-refractivity contribution in [2.75, 3.05) is 33.5 Å². The van der Waals surface area contributed by atoms with Gasteiger partial charge in [-0.25, -0.2) is 0 Å². The molecule has 5 aliphatic heterocycles. The fourth-order valence-electron chi connectivity index (χ4n) is 9.67. The van der Waals surface area contributed by atoms with Crippen molar-refractivity contribution in [3.63, 3.8) is 0 Å². The lowest BCUT2D eigenvalue weighted by Gasteiger charge is -2.49. The van der Waals surface area contributed by atoms with Gasteiger partial charge in [-0.3, -0.25) is 29.4 Å². The van der Waals surface area contributed by atoms with Gasteiger partial charge in [-0.15, -0.1) is 0 Å². The Morgan fingerprint density at radius 1 is 0.616 bits per heavy atom. The highest BCUT2D eigenvalue weighted by Gasteiger charge is 2.57. The summed E-state index contributed by atoms with van der Waals surface area (Å²) in [6, 6.07) is -1.55. The number of carbonyl (C=O) groups is 5. The molecule has 5 heterocycles. The molecule has 24 atom stereocenters. The molecular formula is C45H72N4O24. The Morgan fingerprint density at radius 3 is 1.92 bits per heavy atom. The number of hydrogen-bond donors (Lipinski definition) is 13. The van der Waals surface area contributed by atoms with E-state index in [2.05, 4.69) is 10.7 Å². The van der Waals surface area contributed by atoms with E-state index in [4.69, 9.17) is 48.4 Å². The van der Waals surface area contributed by atoms with Gasteiger partial charge in [0.05, 0.1) is 56.3 Å².